The second kappa shape index (κ2) is 6.27. The van der Waals surface area contributed by atoms with Gasteiger partial charge in [-0.1, -0.05) is 0 Å². The standard InChI is InChI=1S/C11H17N3O3/c1-8-6-13-9(5-11(8)14(15)16)4-10(12-2)7-17-3/h5-6,10,12H,4,7H2,1-3H3. The molecule has 0 fully saturated rings. The molecular formula is C11H17N3O3. The topological polar surface area (TPSA) is 77.3 Å². The molecule has 0 saturated heterocycles. The van der Waals surface area contributed by atoms with Crippen LogP contribution in [0, 0.1) is 17.0 Å². The Morgan fingerprint density at radius 3 is 2.88 bits per heavy atom. The van der Waals surface area contributed by atoms with Crippen LogP contribution in [0.1, 0.15) is 11.3 Å². The van der Waals surface area contributed by atoms with Crippen molar-refractivity contribution in [2.24, 2.45) is 0 Å². The lowest BCUT2D eigenvalue weighted by molar-refractivity contribution is -0.385. The molecule has 1 atom stereocenters. The lowest BCUT2D eigenvalue weighted by atomic mass is 10.1. The Morgan fingerprint density at radius 1 is 1.65 bits per heavy atom. The number of hydrogen-bond donors (Lipinski definition) is 1. The molecule has 1 aromatic rings. The summed E-state index contributed by atoms with van der Waals surface area (Å²) in [6, 6.07) is 1.63. The van der Waals surface area contributed by atoms with E-state index in [0.717, 1.165) is 0 Å². The van der Waals surface area contributed by atoms with Gasteiger partial charge in [-0.3, -0.25) is 15.1 Å². The average Bonchev–Trinajstić information content (AvgIpc) is 2.30. The van der Waals surface area contributed by atoms with Gasteiger partial charge in [0, 0.05) is 43.1 Å². The van der Waals surface area contributed by atoms with E-state index in [1.807, 2.05) is 7.05 Å². The molecule has 0 bridgehead atoms. The fourth-order valence-electron chi connectivity index (χ4n) is 1.56. The number of nitrogens with one attached hydrogen (secondary N) is 1. The van der Waals surface area contributed by atoms with Gasteiger partial charge in [-0.25, -0.2) is 0 Å². The summed E-state index contributed by atoms with van der Waals surface area (Å²) < 4.78 is 5.04. The van der Waals surface area contributed by atoms with Gasteiger partial charge in [0.1, 0.15) is 0 Å². The number of methoxy groups -OCH3 is 1. The van der Waals surface area contributed by atoms with Crippen molar-refractivity contribution in [1.82, 2.24) is 10.3 Å². The summed E-state index contributed by atoms with van der Waals surface area (Å²) in [6.45, 7) is 2.22. The summed E-state index contributed by atoms with van der Waals surface area (Å²) in [7, 11) is 3.45. The molecule has 1 N–H and O–H groups in total. The Morgan fingerprint density at radius 2 is 2.35 bits per heavy atom. The van der Waals surface area contributed by atoms with E-state index in [2.05, 4.69) is 10.3 Å². The average molecular weight is 239 g/mol. The third-order valence-corrected chi connectivity index (χ3v) is 2.56. The number of aryl methyl sites for hydroxylation is 1. The van der Waals surface area contributed by atoms with Crippen molar-refractivity contribution in [3.8, 4) is 0 Å². The molecule has 1 unspecified atom stereocenters. The van der Waals surface area contributed by atoms with Crippen molar-refractivity contribution in [2.75, 3.05) is 20.8 Å². The van der Waals surface area contributed by atoms with E-state index in [1.54, 1.807) is 14.0 Å². The number of nitro groups is 1. The minimum atomic E-state index is -0.384. The molecule has 17 heavy (non-hydrogen) atoms. The fraction of sp³-hybridized carbons (Fsp3) is 0.545. The second-order valence-corrected chi connectivity index (χ2v) is 3.86. The van der Waals surface area contributed by atoms with Crippen molar-refractivity contribution < 1.29 is 9.66 Å². The number of pyridine rings is 1. The molecule has 0 amide bonds. The van der Waals surface area contributed by atoms with Crippen LogP contribution in [0.4, 0.5) is 5.69 Å². The van der Waals surface area contributed by atoms with Gasteiger partial charge in [0.05, 0.1) is 11.5 Å². The molecule has 0 saturated carbocycles. The van der Waals surface area contributed by atoms with Gasteiger partial charge < -0.3 is 10.1 Å². The van der Waals surface area contributed by atoms with E-state index in [4.69, 9.17) is 4.74 Å². The van der Waals surface area contributed by atoms with Crippen molar-refractivity contribution in [3.63, 3.8) is 0 Å². The van der Waals surface area contributed by atoms with Crippen LogP contribution >= 0.6 is 0 Å². The lowest BCUT2D eigenvalue weighted by Gasteiger charge is -2.14. The molecule has 1 rings (SSSR count). The lowest BCUT2D eigenvalue weighted by Crippen LogP contribution is -2.32. The molecule has 94 valence electrons. The maximum Gasteiger partial charge on any atom is 0.275 e. The minimum Gasteiger partial charge on any atom is -0.383 e. The Labute approximate surface area is 100 Å². The smallest absolute Gasteiger partial charge is 0.275 e. The first-order chi connectivity index (χ1) is 8.08. The van der Waals surface area contributed by atoms with Crippen LogP contribution in [0.2, 0.25) is 0 Å². The maximum atomic E-state index is 10.8. The number of nitrogens with zero attached hydrogens (tertiary/aromatic N) is 2. The summed E-state index contributed by atoms with van der Waals surface area (Å²) in [5, 5.41) is 13.9. The van der Waals surface area contributed by atoms with Gasteiger partial charge in [0.25, 0.3) is 5.69 Å². The van der Waals surface area contributed by atoms with Crippen LogP contribution in [0.25, 0.3) is 0 Å². The molecule has 6 heteroatoms. The normalized spacial score (nSPS) is 12.4. The number of likely N-dealkylation sites (N-methyl/N-ethyl adjacent to an activating group) is 1. The van der Waals surface area contributed by atoms with Gasteiger partial charge in [0.15, 0.2) is 0 Å². The minimum absolute atomic E-state index is 0.106. The van der Waals surface area contributed by atoms with Crippen LogP contribution in [-0.2, 0) is 11.2 Å². The van der Waals surface area contributed by atoms with Gasteiger partial charge in [-0.2, -0.15) is 0 Å². The predicted molar refractivity (Wildman–Crippen MR) is 64.1 cm³/mol. The third kappa shape index (κ3) is 3.76. The molecule has 0 aliphatic rings. The van der Waals surface area contributed by atoms with Gasteiger partial charge in [-0.05, 0) is 14.0 Å². The number of ether oxygens (including phenoxy) is 1. The zero-order valence-corrected chi connectivity index (χ0v) is 10.3. The van der Waals surface area contributed by atoms with E-state index in [0.29, 0.717) is 24.3 Å². The van der Waals surface area contributed by atoms with E-state index in [1.165, 1.54) is 12.3 Å². The first kappa shape index (κ1) is 13.5. The van der Waals surface area contributed by atoms with Crippen molar-refractivity contribution >= 4 is 5.69 Å². The molecular weight excluding hydrogens is 222 g/mol. The highest BCUT2D eigenvalue weighted by Gasteiger charge is 2.14. The summed E-state index contributed by atoms with van der Waals surface area (Å²) >= 11 is 0. The van der Waals surface area contributed by atoms with Crippen molar-refractivity contribution in [1.29, 1.82) is 0 Å². The number of hydrogen-bond acceptors (Lipinski definition) is 5. The summed E-state index contributed by atoms with van der Waals surface area (Å²) in [5.74, 6) is 0. The summed E-state index contributed by atoms with van der Waals surface area (Å²) in [4.78, 5) is 14.6. The Balaban J connectivity index is 2.84. The van der Waals surface area contributed by atoms with E-state index < -0.39 is 0 Å². The monoisotopic (exact) mass is 239 g/mol. The third-order valence-electron chi connectivity index (χ3n) is 2.56. The van der Waals surface area contributed by atoms with Crippen LogP contribution < -0.4 is 5.32 Å². The number of rotatable bonds is 6. The van der Waals surface area contributed by atoms with Crippen LogP contribution in [-0.4, -0.2) is 36.7 Å². The van der Waals surface area contributed by atoms with Crippen LogP contribution in [0.5, 0.6) is 0 Å². The molecule has 0 aliphatic heterocycles. The molecule has 1 aromatic heterocycles. The highest BCUT2D eigenvalue weighted by molar-refractivity contribution is 5.38. The first-order valence-electron chi connectivity index (χ1n) is 5.34. The Bertz CT molecular complexity index is 396. The maximum absolute atomic E-state index is 10.8. The Hall–Kier alpha value is -1.53. The van der Waals surface area contributed by atoms with E-state index in [9.17, 15) is 10.1 Å². The molecule has 0 aromatic carbocycles. The SMILES string of the molecule is CNC(COC)Cc1cc([N+](=O)[O-])c(C)cn1. The largest absolute Gasteiger partial charge is 0.383 e. The molecule has 0 aliphatic carbocycles. The summed E-state index contributed by atoms with van der Waals surface area (Å²) in [5.41, 5.74) is 1.38. The molecule has 6 nitrogen and oxygen atoms in total. The second-order valence-electron chi connectivity index (χ2n) is 3.86. The molecule has 1 heterocycles. The van der Waals surface area contributed by atoms with Crippen molar-refractivity contribution in [2.45, 2.75) is 19.4 Å². The van der Waals surface area contributed by atoms with Crippen LogP contribution in [0.15, 0.2) is 12.3 Å². The fourth-order valence-corrected chi connectivity index (χ4v) is 1.56. The zero-order chi connectivity index (χ0) is 12.8. The van der Waals surface area contributed by atoms with Crippen molar-refractivity contribution in [3.05, 3.63) is 33.6 Å². The highest BCUT2D eigenvalue weighted by atomic mass is 16.6. The van der Waals surface area contributed by atoms with Crippen LogP contribution in [0.3, 0.4) is 0 Å². The van der Waals surface area contributed by atoms with Gasteiger partial charge >= 0.3 is 0 Å². The van der Waals surface area contributed by atoms with E-state index in [-0.39, 0.29) is 16.7 Å². The first-order valence-corrected chi connectivity index (χ1v) is 5.34. The van der Waals surface area contributed by atoms with E-state index >= 15 is 0 Å². The zero-order valence-electron chi connectivity index (χ0n) is 10.3. The quantitative estimate of drug-likeness (QED) is 0.593. The number of aromatic nitrogens is 1. The molecule has 0 spiro atoms. The molecule has 0 radical (unpaired) electrons. The van der Waals surface area contributed by atoms with Gasteiger partial charge in [-0.15, -0.1) is 0 Å². The highest BCUT2D eigenvalue weighted by Crippen LogP contribution is 2.17. The Kier molecular flexibility index (Phi) is 4.99. The predicted octanol–water partition coefficient (Wildman–Crippen LogP) is 1.08. The van der Waals surface area contributed by atoms with Gasteiger partial charge in [0.2, 0.25) is 0 Å². The summed E-state index contributed by atoms with van der Waals surface area (Å²) in [6.07, 6.45) is 2.14.